The van der Waals surface area contributed by atoms with Crippen molar-refractivity contribution in [3.05, 3.63) is 42.0 Å². The molecule has 0 heterocycles. The maximum Gasteiger partial charge on any atom is 0.321 e. The molecule has 1 rings (SSSR count). The van der Waals surface area contributed by atoms with E-state index in [1.54, 1.807) is 30.3 Å². The number of esters is 2. The minimum atomic E-state index is -4.73. The number of benzene rings is 1. The maximum absolute atomic E-state index is 11.7. The largest absolute Gasteiger partial charge is 0.468 e. The van der Waals surface area contributed by atoms with Gasteiger partial charge in [0.2, 0.25) is 0 Å². The monoisotopic (exact) mass is 328 g/mol. The minimum Gasteiger partial charge on any atom is -0.468 e. The van der Waals surface area contributed by atoms with E-state index in [4.69, 9.17) is 0 Å². The lowest BCUT2D eigenvalue weighted by Crippen LogP contribution is -2.40. The van der Waals surface area contributed by atoms with Gasteiger partial charge < -0.3 is 9.47 Å². The third-order valence-corrected chi connectivity index (χ3v) is 3.98. The van der Waals surface area contributed by atoms with Crippen molar-refractivity contribution in [3.63, 3.8) is 0 Å². The Balaban J connectivity index is 3.24. The number of ether oxygens (including phenoxy) is 2. The van der Waals surface area contributed by atoms with E-state index < -0.39 is 33.2 Å². The summed E-state index contributed by atoms with van der Waals surface area (Å²) in [5.74, 6) is -4.05. The average molecular weight is 328 g/mol. The van der Waals surface area contributed by atoms with Crippen LogP contribution in [0.3, 0.4) is 0 Å². The third-order valence-electron chi connectivity index (χ3n) is 2.86. The van der Waals surface area contributed by atoms with Crippen LogP contribution >= 0.6 is 0 Å². The first-order valence-electron chi connectivity index (χ1n) is 6.16. The lowest BCUT2D eigenvalue weighted by Gasteiger charge is -2.18. The summed E-state index contributed by atoms with van der Waals surface area (Å²) < 4.78 is 41.2. The lowest BCUT2D eigenvalue weighted by molar-refractivity contribution is -0.158. The van der Waals surface area contributed by atoms with Gasteiger partial charge in [0.15, 0.2) is 5.92 Å². The van der Waals surface area contributed by atoms with Gasteiger partial charge in [0.05, 0.1) is 14.2 Å². The van der Waals surface area contributed by atoms with Crippen molar-refractivity contribution in [2.24, 2.45) is 5.92 Å². The molecule has 1 atom stereocenters. The first-order valence-corrected chi connectivity index (χ1v) is 7.66. The average Bonchev–Trinajstić information content (AvgIpc) is 2.49. The number of carbonyl (C=O) groups is 2. The van der Waals surface area contributed by atoms with E-state index in [-0.39, 0.29) is 0 Å². The predicted octanol–water partition coefficient (Wildman–Crippen LogP) is 0.918. The number of hydrogen-bond acceptors (Lipinski definition) is 6. The van der Waals surface area contributed by atoms with E-state index >= 15 is 0 Å². The topological polar surface area (TPSA) is 107 Å². The molecule has 1 aromatic carbocycles. The highest BCUT2D eigenvalue weighted by atomic mass is 32.2. The molecule has 22 heavy (non-hydrogen) atoms. The van der Waals surface area contributed by atoms with Crippen molar-refractivity contribution in [2.75, 3.05) is 14.2 Å². The van der Waals surface area contributed by atoms with Gasteiger partial charge in [0.25, 0.3) is 10.1 Å². The third kappa shape index (κ3) is 4.68. The normalized spacial score (nSPS) is 13.1. The first-order chi connectivity index (χ1) is 10.3. The van der Waals surface area contributed by atoms with Crippen LogP contribution in [0.4, 0.5) is 0 Å². The van der Waals surface area contributed by atoms with Crippen LogP contribution in [0.15, 0.2) is 36.4 Å². The van der Waals surface area contributed by atoms with Crippen LogP contribution in [0.2, 0.25) is 0 Å². The second kappa shape index (κ2) is 7.71. The standard InChI is InChI=1S/C14H16O7S/c1-20-13(15)12(14(16)21-2)11(22(17,18)19)9-8-10-6-4-3-5-7-10/h3-9,11-12H,1-2H3,(H,17,18,19)/b9-8+. The highest BCUT2D eigenvalue weighted by Gasteiger charge is 2.42. The molecular weight excluding hydrogens is 312 g/mol. The summed E-state index contributed by atoms with van der Waals surface area (Å²) >= 11 is 0. The van der Waals surface area contributed by atoms with Crippen LogP contribution in [0.25, 0.3) is 6.08 Å². The molecule has 0 aromatic heterocycles. The van der Waals surface area contributed by atoms with Gasteiger partial charge >= 0.3 is 11.9 Å². The zero-order chi connectivity index (χ0) is 16.8. The van der Waals surface area contributed by atoms with Gasteiger partial charge in [-0.1, -0.05) is 42.5 Å². The van der Waals surface area contributed by atoms with Gasteiger partial charge in [0.1, 0.15) is 5.25 Å². The molecule has 0 bridgehead atoms. The molecule has 1 N–H and O–H groups in total. The second-order valence-electron chi connectivity index (χ2n) is 4.27. The summed E-state index contributed by atoms with van der Waals surface area (Å²) in [5.41, 5.74) is 0.629. The molecule has 1 unspecified atom stereocenters. The molecule has 0 aliphatic rings. The van der Waals surface area contributed by atoms with E-state index in [9.17, 15) is 22.6 Å². The Kier molecular flexibility index (Phi) is 6.26. The van der Waals surface area contributed by atoms with Gasteiger partial charge in [-0.3, -0.25) is 14.1 Å². The van der Waals surface area contributed by atoms with E-state index in [1.165, 1.54) is 6.08 Å². The Labute approximate surface area is 128 Å². The van der Waals surface area contributed by atoms with Crippen molar-refractivity contribution in [3.8, 4) is 0 Å². The number of carbonyl (C=O) groups excluding carboxylic acids is 2. The van der Waals surface area contributed by atoms with Gasteiger partial charge in [-0.25, -0.2) is 0 Å². The van der Waals surface area contributed by atoms with E-state index in [1.807, 2.05) is 0 Å². The predicted molar refractivity (Wildman–Crippen MR) is 78.3 cm³/mol. The van der Waals surface area contributed by atoms with Crippen molar-refractivity contribution in [1.82, 2.24) is 0 Å². The van der Waals surface area contributed by atoms with Crippen LogP contribution in [0.1, 0.15) is 5.56 Å². The Morgan fingerprint density at radius 3 is 2.00 bits per heavy atom. The van der Waals surface area contributed by atoms with Crippen molar-refractivity contribution in [2.45, 2.75) is 5.25 Å². The van der Waals surface area contributed by atoms with Crippen molar-refractivity contribution >= 4 is 28.1 Å². The number of rotatable bonds is 6. The molecule has 0 fully saturated rings. The van der Waals surface area contributed by atoms with Crippen molar-refractivity contribution in [1.29, 1.82) is 0 Å². The smallest absolute Gasteiger partial charge is 0.321 e. The van der Waals surface area contributed by atoms with Crippen molar-refractivity contribution < 1.29 is 32.0 Å². The second-order valence-corrected chi connectivity index (χ2v) is 5.85. The summed E-state index contributed by atoms with van der Waals surface area (Å²) in [6.45, 7) is 0. The van der Waals surface area contributed by atoms with E-state index in [0.717, 1.165) is 20.3 Å². The minimum absolute atomic E-state index is 0.629. The molecule has 0 aliphatic carbocycles. The van der Waals surface area contributed by atoms with Gasteiger partial charge in [-0.15, -0.1) is 0 Å². The van der Waals surface area contributed by atoms with Crippen LogP contribution < -0.4 is 0 Å². The lowest BCUT2D eigenvalue weighted by atomic mass is 10.0. The molecule has 120 valence electrons. The van der Waals surface area contributed by atoms with Crippen LogP contribution in [0.5, 0.6) is 0 Å². The fourth-order valence-corrected chi connectivity index (χ4v) is 2.61. The van der Waals surface area contributed by atoms with Crippen LogP contribution in [-0.2, 0) is 29.2 Å². The zero-order valence-electron chi connectivity index (χ0n) is 12.0. The fourth-order valence-electron chi connectivity index (χ4n) is 1.77. The molecule has 0 saturated heterocycles. The molecule has 0 aliphatic heterocycles. The first kappa shape index (κ1) is 17.9. The fraction of sp³-hybridized carbons (Fsp3) is 0.286. The zero-order valence-corrected chi connectivity index (χ0v) is 12.8. The summed E-state index contributed by atoms with van der Waals surface area (Å²) in [6, 6.07) is 8.58. The number of methoxy groups -OCH3 is 2. The summed E-state index contributed by atoms with van der Waals surface area (Å²) in [6.07, 6.45) is 2.42. The highest BCUT2D eigenvalue weighted by Crippen LogP contribution is 2.19. The van der Waals surface area contributed by atoms with Gasteiger partial charge in [-0.2, -0.15) is 8.42 Å². The molecular formula is C14H16O7S. The molecule has 0 radical (unpaired) electrons. The van der Waals surface area contributed by atoms with E-state index in [2.05, 4.69) is 9.47 Å². The van der Waals surface area contributed by atoms with Crippen LogP contribution in [-0.4, -0.2) is 44.4 Å². The van der Waals surface area contributed by atoms with E-state index in [0.29, 0.717) is 5.56 Å². The quantitative estimate of drug-likeness (QED) is 0.470. The molecule has 1 aromatic rings. The molecule has 0 amide bonds. The van der Waals surface area contributed by atoms with Gasteiger partial charge in [-0.05, 0) is 5.56 Å². The molecule has 8 heteroatoms. The summed E-state index contributed by atoms with van der Waals surface area (Å²) in [4.78, 5) is 23.4. The SMILES string of the molecule is COC(=O)C(C(=O)OC)C(/C=C/c1ccccc1)S(=O)(=O)O. The molecule has 7 nitrogen and oxygen atoms in total. The summed E-state index contributed by atoms with van der Waals surface area (Å²) in [7, 11) is -2.73. The highest BCUT2D eigenvalue weighted by molar-refractivity contribution is 7.86. The number of hydrogen-bond donors (Lipinski definition) is 1. The van der Waals surface area contributed by atoms with Gasteiger partial charge in [0, 0.05) is 0 Å². The maximum atomic E-state index is 11.7. The Hall–Kier alpha value is -2.19. The Morgan fingerprint density at radius 1 is 1.09 bits per heavy atom. The Bertz CT molecular complexity index is 633. The Morgan fingerprint density at radius 2 is 1.59 bits per heavy atom. The molecule has 0 saturated carbocycles. The van der Waals surface area contributed by atoms with Crippen LogP contribution in [0, 0.1) is 5.92 Å². The molecule has 0 spiro atoms. The summed E-state index contributed by atoms with van der Waals surface area (Å²) in [5, 5.41) is -1.81.